The van der Waals surface area contributed by atoms with E-state index in [1.165, 1.54) is 141 Å². The van der Waals surface area contributed by atoms with Crippen LogP contribution in [-0.4, -0.2) is 34.4 Å². The van der Waals surface area contributed by atoms with E-state index in [1.54, 1.807) is 0 Å². The molecule has 0 rings (SSSR count). The molecule has 0 spiro atoms. The molecule has 0 aromatic carbocycles. The molecule has 0 aliphatic heterocycles. The summed E-state index contributed by atoms with van der Waals surface area (Å²) in [4.78, 5) is 26.1. The van der Waals surface area contributed by atoms with Crippen LogP contribution in [0.3, 0.4) is 0 Å². The van der Waals surface area contributed by atoms with Crippen molar-refractivity contribution in [1.29, 1.82) is 0 Å². The fourth-order valence-corrected chi connectivity index (χ4v) is 6.56. The standard InChI is InChI=1S/C41H80O5/c1-4-7-10-13-16-19-20-21-22-23-24-26-29-32-35-38(34-31-28-25-17-14-11-8-5-2)39(43)46-40(44)41(45,37-42)36-33-30-27-18-15-12-9-6-3/h38,42,45H,4-37H2,1-3H3. The number of esters is 2. The number of rotatable bonds is 36. The van der Waals surface area contributed by atoms with Crippen molar-refractivity contribution in [3.05, 3.63) is 0 Å². The van der Waals surface area contributed by atoms with E-state index in [0.29, 0.717) is 6.42 Å². The number of aliphatic hydroxyl groups is 2. The van der Waals surface area contributed by atoms with Crippen LogP contribution in [0.2, 0.25) is 0 Å². The number of carbonyl (C=O) groups is 2. The van der Waals surface area contributed by atoms with Gasteiger partial charge in [-0.1, -0.05) is 207 Å². The van der Waals surface area contributed by atoms with Gasteiger partial charge in [-0.2, -0.15) is 0 Å². The molecule has 2 atom stereocenters. The predicted octanol–water partition coefficient (Wildman–Crippen LogP) is 12.3. The summed E-state index contributed by atoms with van der Waals surface area (Å²) >= 11 is 0. The lowest BCUT2D eigenvalue weighted by atomic mass is 9.93. The molecule has 5 heteroatoms. The lowest BCUT2D eigenvalue weighted by Crippen LogP contribution is -2.45. The van der Waals surface area contributed by atoms with E-state index in [1.807, 2.05) is 0 Å². The highest BCUT2D eigenvalue weighted by atomic mass is 16.6. The summed E-state index contributed by atoms with van der Waals surface area (Å²) < 4.78 is 5.30. The Kier molecular flexibility index (Phi) is 33.2. The first kappa shape index (κ1) is 45.1. The molecule has 46 heavy (non-hydrogen) atoms. The molecule has 0 aromatic heterocycles. The van der Waals surface area contributed by atoms with Gasteiger partial charge in [0.05, 0.1) is 12.5 Å². The number of hydrogen-bond acceptors (Lipinski definition) is 5. The second-order valence-electron chi connectivity index (χ2n) is 14.5. The van der Waals surface area contributed by atoms with Gasteiger partial charge in [-0.25, -0.2) is 4.79 Å². The summed E-state index contributed by atoms with van der Waals surface area (Å²) in [6, 6.07) is 0. The molecule has 0 heterocycles. The van der Waals surface area contributed by atoms with Gasteiger partial charge in [0, 0.05) is 0 Å². The maximum absolute atomic E-state index is 13.2. The van der Waals surface area contributed by atoms with Crippen LogP contribution in [-0.2, 0) is 14.3 Å². The summed E-state index contributed by atoms with van der Waals surface area (Å²) in [5.41, 5.74) is -1.99. The Bertz CT molecular complexity index is 665. The zero-order valence-corrected chi connectivity index (χ0v) is 31.2. The molecule has 0 fully saturated rings. The van der Waals surface area contributed by atoms with Gasteiger partial charge in [-0.3, -0.25) is 4.79 Å². The van der Waals surface area contributed by atoms with Gasteiger partial charge in [-0.15, -0.1) is 0 Å². The number of ether oxygens (including phenoxy) is 1. The maximum Gasteiger partial charge on any atom is 0.348 e. The van der Waals surface area contributed by atoms with Gasteiger partial charge in [-0.05, 0) is 25.7 Å². The highest BCUT2D eigenvalue weighted by Crippen LogP contribution is 2.24. The summed E-state index contributed by atoms with van der Waals surface area (Å²) in [6.07, 6.45) is 38.1. The van der Waals surface area contributed by atoms with Crippen LogP contribution in [0.4, 0.5) is 0 Å². The summed E-state index contributed by atoms with van der Waals surface area (Å²) in [6.45, 7) is 6.00. The molecule has 0 saturated carbocycles. The average molecular weight is 653 g/mol. The smallest absolute Gasteiger partial charge is 0.348 e. The van der Waals surface area contributed by atoms with Crippen LogP contribution >= 0.6 is 0 Å². The molecule has 0 bridgehead atoms. The molecular formula is C41H80O5. The molecule has 274 valence electrons. The third kappa shape index (κ3) is 27.1. The molecule has 0 aliphatic carbocycles. The average Bonchev–Trinajstić information content (AvgIpc) is 3.06. The highest BCUT2D eigenvalue weighted by molar-refractivity contribution is 5.91. The quantitative estimate of drug-likeness (QED) is 0.0400. The fraction of sp³-hybridized carbons (Fsp3) is 0.951. The zero-order valence-electron chi connectivity index (χ0n) is 31.2. The lowest BCUT2D eigenvalue weighted by Gasteiger charge is -2.24. The maximum atomic E-state index is 13.2. The number of unbranched alkanes of at least 4 members (excludes halogenated alkanes) is 27. The molecule has 5 nitrogen and oxygen atoms in total. The third-order valence-corrected chi connectivity index (χ3v) is 9.92. The van der Waals surface area contributed by atoms with Gasteiger partial charge in [0.1, 0.15) is 0 Å². The Balaban J connectivity index is 4.53. The van der Waals surface area contributed by atoms with E-state index in [2.05, 4.69) is 20.8 Å². The van der Waals surface area contributed by atoms with Gasteiger partial charge in [0.25, 0.3) is 0 Å². The normalized spacial score (nSPS) is 13.5. The van der Waals surface area contributed by atoms with Gasteiger partial charge < -0.3 is 14.9 Å². The van der Waals surface area contributed by atoms with Crippen LogP contribution in [0.15, 0.2) is 0 Å². The molecule has 0 aliphatic rings. The number of hydrogen-bond donors (Lipinski definition) is 2. The molecule has 0 radical (unpaired) electrons. The van der Waals surface area contributed by atoms with Crippen LogP contribution in [0.5, 0.6) is 0 Å². The predicted molar refractivity (Wildman–Crippen MR) is 196 cm³/mol. The van der Waals surface area contributed by atoms with Gasteiger partial charge in [0.2, 0.25) is 0 Å². The Morgan fingerprint density at radius 1 is 0.478 bits per heavy atom. The Labute approximate surface area is 286 Å². The van der Waals surface area contributed by atoms with Crippen molar-refractivity contribution in [2.24, 2.45) is 5.92 Å². The van der Waals surface area contributed by atoms with Crippen molar-refractivity contribution in [1.82, 2.24) is 0 Å². The molecular weight excluding hydrogens is 572 g/mol. The van der Waals surface area contributed by atoms with Gasteiger partial charge >= 0.3 is 11.9 Å². The molecule has 0 aromatic rings. The van der Waals surface area contributed by atoms with Crippen LogP contribution in [0, 0.1) is 5.92 Å². The highest BCUT2D eigenvalue weighted by Gasteiger charge is 2.39. The first-order valence-electron chi connectivity index (χ1n) is 20.5. The summed E-state index contributed by atoms with van der Waals surface area (Å²) in [5.74, 6) is -1.79. The second-order valence-corrected chi connectivity index (χ2v) is 14.5. The molecule has 2 N–H and O–H groups in total. The monoisotopic (exact) mass is 653 g/mol. The van der Waals surface area contributed by atoms with Crippen molar-refractivity contribution in [3.8, 4) is 0 Å². The molecule has 0 saturated heterocycles. The topological polar surface area (TPSA) is 83.8 Å². The van der Waals surface area contributed by atoms with Crippen LogP contribution in [0.1, 0.15) is 233 Å². The summed E-state index contributed by atoms with van der Waals surface area (Å²) in [5, 5.41) is 20.7. The van der Waals surface area contributed by atoms with E-state index in [9.17, 15) is 19.8 Å². The molecule has 0 amide bonds. The van der Waals surface area contributed by atoms with Crippen molar-refractivity contribution < 1.29 is 24.5 Å². The Hall–Kier alpha value is -0.940. The summed E-state index contributed by atoms with van der Waals surface area (Å²) in [7, 11) is 0. The molecule has 2 unspecified atom stereocenters. The first-order chi connectivity index (χ1) is 22.4. The second kappa shape index (κ2) is 33.9. The Morgan fingerprint density at radius 3 is 1.07 bits per heavy atom. The van der Waals surface area contributed by atoms with Crippen molar-refractivity contribution in [2.75, 3.05) is 6.61 Å². The van der Waals surface area contributed by atoms with E-state index in [0.717, 1.165) is 57.8 Å². The van der Waals surface area contributed by atoms with E-state index in [-0.39, 0.29) is 12.3 Å². The number of carbonyl (C=O) groups excluding carboxylic acids is 2. The minimum Gasteiger partial charge on any atom is -0.393 e. The van der Waals surface area contributed by atoms with Crippen LogP contribution < -0.4 is 0 Å². The number of aliphatic hydroxyl groups excluding tert-OH is 1. The van der Waals surface area contributed by atoms with E-state index >= 15 is 0 Å². The van der Waals surface area contributed by atoms with Gasteiger partial charge in [0.15, 0.2) is 5.60 Å². The van der Waals surface area contributed by atoms with E-state index < -0.39 is 24.1 Å². The minimum absolute atomic E-state index is 0.131. The van der Waals surface area contributed by atoms with Crippen molar-refractivity contribution >= 4 is 11.9 Å². The zero-order chi connectivity index (χ0) is 34.0. The minimum atomic E-state index is -1.99. The largest absolute Gasteiger partial charge is 0.393 e. The lowest BCUT2D eigenvalue weighted by molar-refractivity contribution is -0.180. The van der Waals surface area contributed by atoms with Crippen molar-refractivity contribution in [2.45, 2.75) is 238 Å². The first-order valence-corrected chi connectivity index (χ1v) is 20.5. The van der Waals surface area contributed by atoms with Crippen molar-refractivity contribution in [3.63, 3.8) is 0 Å². The fourth-order valence-electron chi connectivity index (χ4n) is 6.56. The third-order valence-electron chi connectivity index (χ3n) is 9.92. The van der Waals surface area contributed by atoms with E-state index in [4.69, 9.17) is 4.74 Å². The van der Waals surface area contributed by atoms with Crippen LogP contribution in [0.25, 0.3) is 0 Å². The Morgan fingerprint density at radius 2 is 0.761 bits per heavy atom. The SMILES string of the molecule is CCCCCCCCCCCCCCCCC(CCCCCCCCCC)C(=O)OC(=O)C(O)(CO)CCCCCCCCCC.